The van der Waals surface area contributed by atoms with Crippen molar-refractivity contribution in [2.75, 3.05) is 6.61 Å². The molecular formula is C30H25NO3. The number of furan rings is 1. The van der Waals surface area contributed by atoms with Gasteiger partial charge in [0.15, 0.2) is 0 Å². The SMILES string of the molecule is O=C(OCC1c2ccccc2-c2ccccc21)N1C2C=C(c3ccc4occc4c3)CC1CC2. The monoisotopic (exact) mass is 447 g/mol. The first-order valence-electron chi connectivity index (χ1n) is 12.1. The molecule has 0 saturated carbocycles. The molecule has 1 fully saturated rings. The van der Waals surface area contributed by atoms with E-state index in [2.05, 4.69) is 66.7 Å². The lowest BCUT2D eigenvalue weighted by atomic mass is 9.94. The number of nitrogens with zero attached hydrogens (tertiary/aromatic N) is 1. The third kappa shape index (κ3) is 3.02. The molecular weight excluding hydrogens is 422 g/mol. The van der Waals surface area contributed by atoms with Gasteiger partial charge in [-0.05, 0) is 70.9 Å². The van der Waals surface area contributed by atoms with Gasteiger partial charge in [0.25, 0.3) is 0 Å². The molecule has 3 aromatic carbocycles. The Labute approximate surface area is 198 Å². The van der Waals surface area contributed by atoms with Crippen LogP contribution in [-0.4, -0.2) is 29.7 Å². The van der Waals surface area contributed by atoms with Gasteiger partial charge in [-0.15, -0.1) is 0 Å². The average Bonchev–Trinajstić information content (AvgIpc) is 3.54. The highest BCUT2D eigenvalue weighted by atomic mass is 16.6. The first kappa shape index (κ1) is 19.7. The number of carbonyl (C=O) groups is 1. The number of carbonyl (C=O) groups excluding carboxylic acids is 1. The molecule has 0 radical (unpaired) electrons. The Morgan fingerprint density at radius 2 is 1.71 bits per heavy atom. The minimum atomic E-state index is -0.185. The molecule has 3 heterocycles. The summed E-state index contributed by atoms with van der Waals surface area (Å²) in [5.41, 5.74) is 8.43. The third-order valence-corrected chi connectivity index (χ3v) is 7.77. The predicted octanol–water partition coefficient (Wildman–Crippen LogP) is 7.00. The summed E-state index contributed by atoms with van der Waals surface area (Å²) in [6.07, 6.45) is 6.69. The van der Waals surface area contributed by atoms with Crippen molar-refractivity contribution < 1.29 is 13.9 Å². The summed E-state index contributed by atoms with van der Waals surface area (Å²) in [5, 5.41) is 1.12. The van der Waals surface area contributed by atoms with Crippen molar-refractivity contribution in [3.63, 3.8) is 0 Å². The average molecular weight is 448 g/mol. The van der Waals surface area contributed by atoms with E-state index < -0.39 is 0 Å². The number of fused-ring (bicyclic) bond motifs is 6. The second-order valence-electron chi connectivity index (χ2n) is 9.58. The zero-order valence-corrected chi connectivity index (χ0v) is 18.8. The lowest BCUT2D eigenvalue weighted by Gasteiger charge is -2.33. The Morgan fingerprint density at radius 3 is 2.47 bits per heavy atom. The van der Waals surface area contributed by atoms with Gasteiger partial charge in [0.2, 0.25) is 0 Å². The molecule has 2 atom stereocenters. The van der Waals surface area contributed by atoms with Gasteiger partial charge >= 0.3 is 6.09 Å². The fraction of sp³-hybridized carbons (Fsp3) is 0.233. The second-order valence-corrected chi connectivity index (χ2v) is 9.58. The number of hydrogen-bond donors (Lipinski definition) is 0. The van der Waals surface area contributed by atoms with E-state index in [1.54, 1.807) is 6.26 Å². The number of amides is 1. The highest BCUT2D eigenvalue weighted by Crippen LogP contribution is 2.45. The van der Waals surface area contributed by atoms with Crippen molar-refractivity contribution in [3.05, 3.63) is 102 Å². The van der Waals surface area contributed by atoms with Gasteiger partial charge in [0, 0.05) is 17.3 Å². The van der Waals surface area contributed by atoms with Crippen LogP contribution < -0.4 is 0 Å². The summed E-state index contributed by atoms with van der Waals surface area (Å²) in [4.78, 5) is 15.3. The van der Waals surface area contributed by atoms with Gasteiger partial charge < -0.3 is 9.15 Å². The maximum atomic E-state index is 13.3. The summed E-state index contributed by atoms with van der Waals surface area (Å²) in [6, 6.07) is 25.6. The minimum Gasteiger partial charge on any atom is -0.464 e. The Kier molecular flexibility index (Phi) is 4.41. The van der Waals surface area contributed by atoms with Crippen molar-refractivity contribution in [2.45, 2.75) is 37.3 Å². The molecule has 1 saturated heterocycles. The van der Waals surface area contributed by atoms with Crippen molar-refractivity contribution in [3.8, 4) is 11.1 Å². The lowest BCUT2D eigenvalue weighted by Crippen LogP contribution is -2.43. The fourth-order valence-electron chi connectivity index (χ4n) is 6.16. The van der Waals surface area contributed by atoms with Crippen LogP contribution in [0.4, 0.5) is 4.79 Å². The topological polar surface area (TPSA) is 42.7 Å². The summed E-state index contributed by atoms with van der Waals surface area (Å²) in [5.74, 6) is 0.0894. The van der Waals surface area contributed by atoms with E-state index in [-0.39, 0.29) is 24.1 Å². The molecule has 1 aromatic heterocycles. The van der Waals surface area contributed by atoms with E-state index in [9.17, 15) is 4.79 Å². The second kappa shape index (κ2) is 7.63. The molecule has 34 heavy (non-hydrogen) atoms. The molecule has 168 valence electrons. The van der Waals surface area contributed by atoms with Crippen LogP contribution in [0.15, 0.2) is 89.6 Å². The number of ether oxygens (including phenoxy) is 1. The Balaban J connectivity index is 1.11. The Bertz CT molecular complexity index is 1400. The molecule has 0 N–H and O–H groups in total. The zero-order chi connectivity index (χ0) is 22.6. The normalized spacial score (nSPS) is 20.8. The van der Waals surface area contributed by atoms with E-state index in [1.165, 1.54) is 33.4 Å². The number of rotatable bonds is 3. The molecule has 4 heteroatoms. The zero-order valence-electron chi connectivity index (χ0n) is 18.8. The summed E-state index contributed by atoms with van der Waals surface area (Å²) in [7, 11) is 0. The third-order valence-electron chi connectivity index (χ3n) is 7.77. The number of benzene rings is 3. The molecule has 7 rings (SSSR count). The predicted molar refractivity (Wildman–Crippen MR) is 133 cm³/mol. The van der Waals surface area contributed by atoms with Crippen LogP contribution in [0.25, 0.3) is 27.7 Å². The van der Waals surface area contributed by atoms with E-state index >= 15 is 0 Å². The molecule has 1 aliphatic carbocycles. The van der Waals surface area contributed by atoms with Crippen LogP contribution in [0.1, 0.15) is 41.9 Å². The molecule has 2 aliphatic heterocycles. The van der Waals surface area contributed by atoms with Crippen LogP contribution in [-0.2, 0) is 4.74 Å². The summed E-state index contributed by atoms with van der Waals surface area (Å²) < 4.78 is 11.5. The van der Waals surface area contributed by atoms with Crippen LogP contribution >= 0.6 is 0 Å². The van der Waals surface area contributed by atoms with E-state index in [0.717, 1.165) is 30.2 Å². The summed E-state index contributed by atoms with van der Waals surface area (Å²) >= 11 is 0. The molecule has 0 spiro atoms. The van der Waals surface area contributed by atoms with Gasteiger partial charge in [-0.2, -0.15) is 0 Å². The summed E-state index contributed by atoms with van der Waals surface area (Å²) in [6.45, 7) is 0.372. The van der Waals surface area contributed by atoms with Gasteiger partial charge in [0.1, 0.15) is 12.2 Å². The van der Waals surface area contributed by atoms with E-state index in [1.807, 2.05) is 17.0 Å². The van der Waals surface area contributed by atoms with Crippen molar-refractivity contribution in [1.29, 1.82) is 0 Å². The van der Waals surface area contributed by atoms with Crippen LogP contribution in [0, 0.1) is 0 Å². The van der Waals surface area contributed by atoms with Crippen LogP contribution in [0.3, 0.4) is 0 Å². The first-order chi connectivity index (χ1) is 16.8. The fourth-order valence-corrected chi connectivity index (χ4v) is 6.16. The van der Waals surface area contributed by atoms with Crippen molar-refractivity contribution in [1.82, 2.24) is 4.90 Å². The number of hydrogen-bond acceptors (Lipinski definition) is 3. The molecule has 2 unspecified atom stereocenters. The highest BCUT2D eigenvalue weighted by molar-refractivity contribution is 5.84. The minimum absolute atomic E-state index is 0.0894. The van der Waals surface area contributed by atoms with Gasteiger partial charge in [-0.1, -0.05) is 60.7 Å². The molecule has 2 bridgehead atoms. The first-order valence-corrected chi connectivity index (χ1v) is 12.1. The smallest absolute Gasteiger partial charge is 0.410 e. The van der Waals surface area contributed by atoms with Crippen molar-refractivity contribution in [2.24, 2.45) is 0 Å². The Hall–Kier alpha value is -3.79. The van der Waals surface area contributed by atoms with E-state index in [0.29, 0.717) is 6.61 Å². The lowest BCUT2D eigenvalue weighted by molar-refractivity contribution is 0.0866. The van der Waals surface area contributed by atoms with Crippen LogP contribution in [0.2, 0.25) is 0 Å². The molecule has 3 aliphatic rings. The van der Waals surface area contributed by atoms with E-state index in [4.69, 9.17) is 9.15 Å². The highest BCUT2D eigenvalue weighted by Gasteiger charge is 2.41. The molecule has 4 nitrogen and oxygen atoms in total. The van der Waals surface area contributed by atoms with Gasteiger partial charge in [-0.25, -0.2) is 4.79 Å². The standard InChI is InChI=1S/C30H25NO3/c32-30(34-18-28-26-7-3-1-5-24(26)25-6-2-4-8-27(25)28)31-22-10-11-23(31)17-21(16-22)19-9-12-29-20(15-19)13-14-33-29/h1-9,12-16,22-23,28H,10-11,17-18H2. The maximum absolute atomic E-state index is 13.3. The maximum Gasteiger partial charge on any atom is 0.410 e. The van der Waals surface area contributed by atoms with Gasteiger partial charge in [-0.3, -0.25) is 4.90 Å². The van der Waals surface area contributed by atoms with Gasteiger partial charge in [0.05, 0.1) is 12.3 Å². The molecule has 4 aromatic rings. The van der Waals surface area contributed by atoms with Crippen molar-refractivity contribution >= 4 is 22.6 Å². The van der Waals surface area contributed by atoms with Crippen LogP contribution in [0.5, 0.6) is 0 Å². The largest absolute Gasteiger partial charge is 0.464 e. The Morgan fingerprint density at radius 1 is 0.941 bits per heavy atom. The molecule has 1 amide bonds. The quantitative estimate of drug-likeness (QED) is 0.339.